The lowest BCUT2D eigenvalue weighted by atomic mass is 10.4. The molecule has 0 aromatic carbocycles. The molecule has 36 heteroatoms. The van der Waals surface area contributed by atoms with E-state index in [2.05, 4.69) is 155 Å². The van der Waals surface area contributed by atoms with Crippen LogP contribution in [0.15, 0.2) is 94.7 Å². The van der Waals surface area contributed by atoms with Crippen molar-refractivity contribution in [3.8, 4) is 0 Å². The van der Waals surface area contributed by atoms with Crippen molar-refractivity contribution in [2.24, 2.45) is 14.1 Å². The lowest BCUT2D eigenvalue weighted by Crippen LogP contribution is -1.83. The quantitative estimate of drug-likeness (QED) is 0.0821. The number of hydrogen-bond acceptors (Lipinski definition) is 28. The molecule has 558 valence electrons. The maximum absolute atomic E-state index is 4.86. The van der Waals surface area contributed by atoms with E-state index in [-0.39, 0.29) is 0 Å². The van der Waals surface area contributed by atoms with Crippen molar-refractivity contribution < 1.29 is 13.5 Å². The van der Waals surface area contributed by atoms with Gasteiger partial charge in [-0.3, -0.25) is 35.3 Å². The minimum atomic E-state index is 0.623. The summed E-state index contributed by atoms with van der Waals surface area (Å²) in [5.74, 6) is 7.32. The van der Waals surface area contributed by atoms with Crippen LogP contribution in [-0.4, -0.2) is 156 Å². The number of rotatable bonds is 0. The van der Waals surface area contributed by atoms with Gasteiger partial charge < -0.3 is 18.0 Å². The Morgan fingerprint density at radius 2 is 0.798 bits per heavy atom. The van der Waals surface area contributed by atoms with Crippen LogP contribution >= 0.6 is 22.9 Å². The van der Waals surface area contributed by atoms with Gasteiger partial charge in [-0.25, -0.2) is 24.9 Å². The molecule has 0 radical (unpaired) electrons. The van der Waals surface area contributed by atoms with Crippen LogP contribution in [0.5, 0.6) is 0 Å². The van der Waals surface area contributed by atoms with E-state index in [4.69, 9.17) is 4.42 Å². The summed E-state index contributed by atoms with van der Waals surface area (Å²) in [7, 11) is 3.70. The van der Waals surface area contributed by atoms with Crippen LogP contribution in [0.25, 0.3) is 0 Å². The predicted molar refractivity (Wildman–Crippen MR) is 396 cm³/mol. The molecule has 13 rings (SSSR count). The fourth-order valence-corrected chi connectivity index (χ4v) is 5.35. The zero-order valence-electron chi connectivity index (χ0n) is 65.7. The molecule has 0 saturated heterocycles. The Hall–Kier alpha value is -10.1. The van der Waals surface area contributed by atoms with E-state index in [1.54, 1.807) is 99.7 Å². The van der Waals surface area contributed by atoms with Gasteiger partial charge in [0.2, 0.25) is 23.6 Å². The maximum atomic E-state index is 4.86. The van der Waals surface area contributed by atoms with E-state index >= 15 is 0 Å². The Morgan fingerprint density at radius 3 is 0.889 bits per heavy atom. The lowest BCUT2D eigenvalue weighted by molar-refractivity contribution is 0.389. The normalized spacial score (nSPS) is 8.10. The SMILES string of the molecule is CC.CC.CC.CC.CC.CC.CC.CC.Cc1ccn[nH]1.Cc1ccn[nH]1.Cc1cn[nH]c1.Cc1ncn[nH]1.Cc1ncn[nH]1.Cc1ncn[nH]1.Cc1nnc(C)o1.Cc1nnc(C)s1.Cc1noc(C)n1.Cc1noc(C)n1.Cc1nsc(C)n1.Cn1cncn1.Cn1cnnc1. The van der Waals surface area contributed by atoms with Crippen LogP contribution in [0, 0.1) is 111 Å². The third-order valence-electron chi connectivity index (χ3n) is 7.73. The predicted octanol–water partition coefficient (Wildman–Crippen LogP) is 14.7. The molecule has 6 N–H and O–H groups in total. The van der Waals surface area contributed by atoms with Crippen LogP contribution in [0.2, 0.25) is 0 Å². The average molecular weight is 1430 g/mol. The van der Waals surface area contributed by atoms with Crippen molar-refractivity contribution in [1.82, 2.24) is 156 Å². The number of aryl methyl sites for hydroxylation is 18. The van der Waals surface area contributed by atoms with Crippen molar-refractivity contribution in [3.05, 3.63) is 172 Å². The third kappa shape index (κ3) is 78.5. The monoisotopic (exact) mass is 1420 g/mol. The Bertz CT molecular complexity index is 2660. The molecule has 0 aliphatic carbocycles. The van der Waals surface area contributed by atoms with Crippen LogP contribution < -0.4 is 0 Å². The number of aromatic nitrogens is 31. The first-order chi connectivity index (χ1) is 47.6. The minimum Gasteiger partial charge on any atom is -0.426 e. The Kier molecular flexibility index (Phi) is 85.1. The van der Waals surface area contributed by atoms with Crippen molar-refractivity contribution in [2.75, 3.05) is 0 Å². The molecule has 0 aliphatic heterocycles. The first-order valence-corrected chi connectivity index (χ1v) is 33.9. The lowest BCUT2D eigenvalue weighted by Gasteiger charge is -1.74. The molecule has 13 aromatic rings. The summed E-state index contributed by atoms with van der Waals surface area (Å²) in [5.41, 5.74) is 3.39. The Morgan fingerprint density at radius 1 is 0.404 bits per heavy atom. The smallest absolute Gasteiger partial charge is 0.223 e. The topological polar surface area (TPSA) is 440 Å². The summed E-state index contributed by atoms with van der Waals surface area (Å²) >= 11 is 3.06. The highest BCUT2D eigenvalue weighted by molar-refractivity contribution is 7.11. The second-order valence-corrected chi connectivity index (χ2v) is 18.3. The van der Waals surface area contributed by atoms with E-state index in [1.165, 1.54) is 42.4 Å². The molecular weight excluding hydrogens is 1300 g/mol. The summed E-state index contributed by atoms with van der Waals surface area (Å²) < 4.78 is 21.4. The fraction of sp³-hybridized carbons (Fsp3) is 0.540. The molecule has 0 spiro atoms. The average Bonchev–Trinajstić information content (AvgIpc) is 2.42. The highest BCUT2D eigenvalue weighted by Crippen LogP contribution is 2.04. The summed E-state index contributed by atoms with van der Waals surface area (Å²) in [6.07, 6.45) is 17.9. The van der Waals surface area contributed by atoms with E-state index in [1.807, 2.05) is 212 Å². The first-order valence-electron chi connectivity index (χ1n) is 32.3. The van der Waals surface area contributed by atoms with Crippen LogP contribution in [-0.2, 0) is 14.1 Å². The van der Waals surface area contributed by atoms with Gasteiger partial charge in [-0.1, -0.05) is 121 Å². The largest absolute Gasteiger partial charge is 0.426 e. The summed E-state index contributed by atoms with van der Waals surface area (Å²) in [6.45, 7) is 61.9. The molecule has 0 unspecified atom stereocenters. The molecule has 0 amide bonds. The summed E-state index contributed by atoms with van der Waals surface area (Å²) in [5, 5.41) is 73.7. The van der Waals surface area contributed by atoms with Gasteiger partial charge in [-0.15, -0.1) is 41.9 Å². The zero-order valence-corrected chi connectivity index (χ0v) is 67.4. The van der Waals surface area contributed by atoms with Gasteiger partial charge in [0, 0.05) is 71.8 Å². The number of nitrogens with one attached hydrogen (secondary N) is 6. The highest BCUT2D eigenvalue weighted by Gasteiger charge is 1.92. The molecule has 99 heavy (non-hydrogen) atoms. The maximum Gasteiger partial charge on any atom is 0.223 e. The number of hydrogen-bond donors (Lipinski definition) is 6. The van der Waals surface area contributed by atoms with Gasteiger partial charge in [0.25, 0.3) is 0 Å². The van der Waals surface area contributed by atoms with Gasteiger partial charge in [0.15, 0.2) is 11.6 Å². The molecule has 0 aliphatic rings. The Labute approximate surface area is 596 Å². The van der Waals surface area contributed by atoms with E-state index in [9.17, 15) is 0 Å². The first kappa shape index (κ1) is 105. The molecule has 13 aromatic heterocycles. The molecule has 34 nitrogen and oxygen atoms in total. The van der Waals surface area contributed by atoms with Crippen LogP contribution in [0.1, 0.15) is 201 Å². The van der Waals surface area contributed by atoms with Crippen molar-refractivity contribution in [3.63, 3.8) is 0 Å². The van der Waals surface area contributed by atoms with E-state index in [0.29, 0.717) is 35.2 Å². The molecule has 0 atom stereocenters. The molecular formula is C63H121N31O3S2. The number of H-pyrrole nitrogens is 6. The molecule has 0 fully saturated rings. The fourth-order valence-electron chi connectivity index (χ4n) is 4.28. The van der Waals surface area contributed by atoms with Crippen molar-refractivity contribution in [1.29, 1.82) is 0 Å². The molecule has 0 bridgehead atoms. The van der Waals surface area contributed by atoms with Gasteiger partial charge in [-0.05, 0) is 112 Å². The van der Waals surface area contributed by atoms with Gasteiger partial charge >= 0.3 is 0 Å². The van der Waals surface area contributed by atoms with Gasteiger partial charge in [0.05, 0.1) is 6.20 Å². The third-order valence-corrected chi connectivity index (χ3v) is 9.20. The van der Waals surface area contributed by atoms with Gasteiger partial charge in [-0.2, -0.15) is 50.0 Å². The summed E-state index contributed by atoms with van der Waals surface area (Å²) in [4.78, 5) is 26.6. The molecule has 0 saturated carbocycles. The number of nitrogens with zero attached hydrogens (tertiary/aromatic N) is 25. The zero-order chi connectivity index (χ0) is 77.6. The minimum absolute atomic E-state index is 0.623. The van der Waals surface area contributed by atoms with Gasteiger partial charge in [0.1, 0.15) is 82.6 Å². The van der Waals surface area contributed by atoms with E-state index in [0.717, 1.165) is 49.7 Å². The summed E-state index contributed by atoms with van der Waals surface area (Å²) in [6, 6.07) is 3.83. The molecule has 13 heterocycles. The van der Waals surface area contributed by atoms with Crippen molar-refractivity contribution >= 4 is 22.9 Å². The van der Waals surface area contributed by atoms with E-state index < -0.39 is 0 Å². The Balaban J connectivity index is -0.000000148. The van der Waals surface area contributed by atoms with Crippen LogP contribution in [0.4, 0.5) is 0 Å². The number of aromatic amines is 6. The van der Waals surface area contributed by atoms with Crippen molar-refractivity contribution in [2.45, 2.75) is 222 Å². The second kappa shape index (κ2) is 80.3. The second-order valence-electron chi connectivity index (χ2n) is 15.9. The standard InChI is InChI=1S/3C4H6N2O.2C4H6N2S.3C4H6N2.5C3H5N3.8C2H6/c1-3-5-6-4(2)7-3;2*1-3-5-4(2)7-6-3;1-3-5-6-4(2)7-3;1-3-5-4(2)7-6-3;1-4-2-5-6-3-4;2*1-4-2-3-5-6-4;1-6-2-4-5-3-6;1-6-3-4-2-5-6;3*1-3-4-2-5-6-3;8*1-2/h5*1-2H3;3*2-3H,1H3,(H,5,6);2*2-3H,1H3;3*2H,1H3,(H,4,5,6);8*1-2H3. The highest BCUT2D eigenvalue weighted by atomic mass is 32.1. The van der Waals surface area contributed by atoms with Crippen LogP contribution in [0.3, 0.4) is 0 Å².